The molecule has 2 aliphatic rings. The number of nitrogens with zero attached hydrogens (tertiary/aromatic N) is 1. The molecule has 0 amide bonds. The molecular formula is C7H10ClN. The Labute approximate surface area is 60.1 Å². The third-order valence-corrected chi connectivity index (χ3v) is 2.92. The van der Waals surface area contributed by atoms with E-state index in [4.69, 9.17) is 11.6 Å². The predicted molar refractivity (Wildman–Crippen MR) is 39.0 cm³/mol. The van der Waals surface area contributed by atoms with Crippen molar-refractivity contribution in [3.8, 4) is 0 Å². The van der Waals surface area contributed by atoms with E-state index >= 15 is 0 Å². The third kappa shape index (κ3) is 0.710. The summed E-state index contributed by atoms with van der Waals surface area (Å²) < 4.78 is 0. The van der Waals surface area contributed by atoms with Crippen molar-refractivity contribution in [3.63, 3.8) is 0 Å². The lowest BCUT2D eigenvalue weighted by Crippen LogP contribution is -2.12. The van der Waals surface area contributed by atoms with Gasteiger partial charge in [0.15, 0.2) is 0 Å². The zero-order chi connectivity index (χ0) is 6.48. The van der Waals surface area contributed by atoms with Crippen molar-refractivity contribution in [1.82, 2.24) is 0 Å². The summed E-state index contributed by atoms with van der Waals surface area (Å²) in [5.41, 5.74) is 0. The first kappa shape index (κ1) is 5.72. The highest BCUT2D eigenvalue weighted by Crippen LogP contribution is 2.57. The highest BCUT2D eigenvalue weighted by molar-refractivity contribution is 6.26. The summed E-state index contributed by atoms with van der Waals surface area (Å²) >= 11 is 6.04. The molecule has 0 bridgehead atoms. The van der Waals surface area contributed by atoms with Crippen molar-refractivity contribution in [1.29, 1.82) is 0 Å². The molecule has 50 valence electrons. The number of aliphatic imine (C=N–C) groups is 1. The lowest BCUT2D eigenvalue weighted by molar-refractivity contribution is 0.492. The van der Waals surface area contributed by atoms with E-state index in [1.807, 2.05) is 6.21 Å². The fraction of sp³-hybridized carbons (Fsp3) is 0.857. The first-order valence-electron chi connectivity index (χ1n) is 3.45. The van der Waals surface area contributed by atoms with Crippen molar-refractivity contribution < 1.29 is 0 Å². The van der Waals surface area contributed by atoms with Crippen molar-refractivity contribution in [3.05, 3.63) is 0 Å². The summed E-state index contributed by atoms with van der Waals surface area (Å²) in [5, 5.41) is 0. The maximum Gasteiger partial charge on any atom is 0.137 e. The summed E-state index contributed by atoms with van der Waals surface area (Å²) in [6, 6.07) is 0. The Morgan fingerprint density at radius 1 is 1.78 bits per heavy atom. The van der Waals surface area contributed by atoms with Gasteiger partial charge in [0.2, 0.25) is 0 Å². The minimum Gasteiger partial charge on any atom is -0.275 e. The van der Waals surface area contributed by atoms with Gasteiger partial charge in [0.05, 0.1) is 0 Å². The standard InChI is InChI=1S/C7H10ClN/c1-5-2-3-9-7(8)4-6(5)7/h3,5-6H,2,4H2,1H3. The van der Waals surface area contributed by atoms with E-state index in [1.165, 1.54) is 0 Å². The SMILES string of the molecule is CC1CC=NC2(Cl)CC12. The molecule has 0 aromatic heterocycles. The van der Waals surface area contributed by atoms with Crippen LogP contribution in [0.25, 0.3) is 0 Å². The van der Waals surface area contributed by atoms with Gasteiger partial charge in [0.25, 0.3) is 0 Å². The molecule has 1 saturated carbocycles. The largest absolute Gasteiger partial charge is 0.275 e. The second kappa shape index (κ2) is 1.51. The van der Waals surface area contributed by atoms with Gasteiger partial charge in [0, 0.05) is 12.1 Å². The molecule has 3 unspecified atom stereocenters. The van der Waals surface area contributed by atoms with Crippen molar-refractivity contribution in [2.45, 2.75) is 24.8 Å². The van der Waals surface area contributed by atoms with E-state index in [0.717, 1.165) is 18.8 Å². The number of hydrogen-bond donors (Lipinski definition) is 0. The van der Waals surface area contributed by atoms with E-state index in [2.05, 4.69) is 11.9 Å². The van der Waals surface area contributed by atoms with Gasteiger partial charge < -0.3 is 0 Å². The van der Waals surface area contributed by atoms with E-state index < -0.39 is 0 Å². The fourth-order valence-electron chi connectivity index (χ4n) is 1.57. The van der Waals surface area contributed by atoms with Gasteiger partial charge in [-0.3, -0.25) is 4.99 Å². The first-order chi connectivity index (χ1) is 4.22. The molecule has 1 aliphatic carbocycles. The van der Waals surface area contributed by atoms with Crippen LogP contribution < -0.4 is 0 Å². The molecule has 9 heavy (non-hydrogen) atoms. The van der Waals surface area contributed by atoms with Crippen molar-refractivity contribution in [2.75, 3.05) is 0 Å². The number of halogens is 1. The molecule has 3 atom stereocenters. The van der Waals surface area contributed by atoms with Crippen LogP contribution in [-0.4, -0.2) is 11.2 Å². The van der Waals surface area contributed by atoms with Gasteiger partial charge in [0.1, 0.15) is 5.00 Å². The molecule has 1 nitrogen and oxygen atoms in total. The molecule has 2 heteroatoms. The van der Waals surface area contributed by atoms with Crippen LogP contribution in [0.3, 0.4) is 0 Å². The summed E-state index contributed by atoms with van der Waals surface area (Å²) in [5.74, 6) is 1.45. The topological polar surface area (TPSA) is 12.4 Å². The van der Waals surface area contributed by atoms with Crippen LogP contribution in [0.4, 0.5) is 0 Å². The number of alkyl halides is 1. The summed E-state index contributed by atoms with van der Waals surface area (Å²) in [7, 11) is 0. The molecule has 1 heterocycles. The minimum absolute atomic E-state index is 0.141. The van der Waals surface area contributed by atoms with Gasteiger partial charge in [-0.1, -0.05) is 18.5 Å². The Morgan fingerprint density at radius 2 is 2.56 bits per heavy atom. The Balaban J connectivity index is 2.22. The minimum atomic E-state index is -0.141. The lowest BCUT2D eigenvalue weighted by Gasteiger charge is -2.13. The molecule has 1 aliphatic heterocycles. The number of hydrogen-bond acceptors (Lipinski definition) is 1. The zero-order valence-corrected chi connectivity index (χ0v) is 6.23. The van der Waals surface area contributed by atoms with Crippen molar-refractivity contribution >= 4 is 17.8 Å². The molecule has 0 N–H and O–H groups in total. The monoisotopic (exact) mass is 143 g/mol. The molecule has 0 spiro atoms. The highest BCUT2D eigenvalue weighted by Gasteiger charge is 2.56. The molecule has 0 aromatic carbocycles. The van der Waals surface area contributed by atoms with E-state index in [0.29, 0.717) is 5.92 Å². The Kier molecular flexibility index (Phi) is 0.963. The number of fused-ring (bicyclic) bond motifs is 1. The Bertz CT molecular complexity index is 166. The normalized spacial score (nSPS) is 54.9. The highest BCUT2D eigenvalue weighted by atomic mass is 35.5. The first-order valence-corrected chi connectivity index (χ1v) is 3.83. The lowest BCUT2D eigenvalue weighted by atomic mass is 10.0. The summed E-state index contributed by atoms with van der Waals surface area (Å²) in [4.78, 5) is 4.09. The second-order valence-electron chi connectivity index (χ2n) is 3.15. The molecule has 1 fully saturated rings. The van der Waals surface area contributed by atoms with Crippen LogP contribution in [0.2, 0.25) is 0 Å². The van der Waals surface area contributed by atoms with Crippen LogP contribution >= 0.6 is 11.6 Å². The summed E-state index contributed by atoms with van der Waals surface area (Å²) in [6.07, 6.45) is 4.20. The summed E-state index contributed by atoms with van der Waals surface area (Å²) in [6.45, 7) is 2.25. The number of rotatable bonds is 0. The second-order valence-corrected chi connectivity index (χ2v) is 3.81. The smallest absolute Gasteiger partial charge is 0.137 e. The molecule has 0 saturated heterocycles. The maximum absolute atomic E-state index is 6.04. The Hall–Kier alpha value is -0.0400. The van der Waals surface area contributed by atoms with Crippen LogP contribution in [0.5, 0.6) is 0 Å². The maximum atomic E-state index is 6.04. The molecule has 0 radical (unpaired) electrons. The van der Waals surface area contributed by atoms with Gasteiger partial charge in [-0.25, -0.2) is 0 Å². The van der Waals surface area contributed by atoms with Crippen LogP contribution in [-0.2, 0) is 0 Å². The van der Waals surface area contributed by atoms with Crippen LogP contribution in [0.15, 0.2) is 4.99 Å². The van der Waals surface area contributed by atoms with Gasteiger partial charge in [-0.2, -0.15) is 0 Å². The molecule has 2 rings (SSSR count). The molecule has 0 aromatic rings. The Morgan fingerprint density at radius 3 is 3.11 bits per heavy atom. The molecular weight excluding hydrogens is 134 g/mol. The van der Waals surface area contributed by atoms with Gasteiger partial charge in [-0.05, 0) is 18.8 Å². The quantitative estimate of drug-likeness (QED) is 0.364. The van der Waals surface area contributed by atoms with E-state index in [1.54, 1.807) is 0 Å². The predicted octanol–water partition coefficient (Wildman–Crippen LogP) is 2.05. The van der Waals surface area contributed by atoms with Crippen LogP contribution in [0, 0.1) is 11.8 Å². The van der Waals surface area contributed by atoms with E-state index in [9.17, 15) is 0 Å². The van der Waals surface area contributed by atoms with Crippen molar-refractivity contribution in [2.24, 2.45) is 16.8 Å². The third-order valence-electron chi connectivity index (χ3n) is 2.38. The average Bonchev–Trinajstić information content (AvgIpc) is 2.43. The average molecular weight is 144 g/mol. The zero-order valence-electron chi connectivity index (χ0n) is 5.47. The van der Waals surface area contributed by atoms with Crippen LogP contribution in [0.1, 0.15) is 19.8 Å². The fourth-order valence-corrected chi connectivity index (χ4v) is 2.02. The van der Waals surface area contributed by atoms with Gasteiger partial charge >= 0.3 is 0 Å². The van der Waals surface area contributed by atoms with E-state index in [-0.39, 0.29) is 5.00 Å². The van der Waals surface area contributed by atoms with Gasteiger partial charge in [-0.15, -0.1) is 0 Å².